The van der Waals surface area contributed by atoms with Crippen LogP contribution in [-0.4, -0.2) is 10.9 Å². The fraction of sp³-hybridized carbons (Fsp3) is 0.100. The third kappa shape index (κ3) is 3.93. The van der Waals surface area contributed by atoms with E-state index in [4.69, 9.17) is 0 Å². The van der Waals surface area contributed by atoms with Crippen molar-refractivity contribution in [2.45, 2.75) is 12.5 Å². The van der Waals surface area contributed by atoms with Gasteiger partial charge < -0.3 is 5.32 Å². The maximum absolute atomic E-state index is 12.6. The predicted molar refractivity (Wildman–Crippen MR) is 110 cm³/mol. The van der Waals surface area contributed by atoms with Gasteiger partial charge in [-0.25, -0.2) is 4.98 Å². The van der Waals surface area contributed by atoms with Crippen molar-refractivity contribution < 1.29 is 4.79 Å². The standard InChI is InChI=1S/C20H16N2OS3/c23-18(12-15-13-26-20(21-15)17-9-5-11-25-17)22-19(16-8-4-10-24-16)14-6-2-1-3-7-14/h1-11,13,19H,12H2,(H,22,23). The van der Waals surface area contributed by atoms with E-state index in [0.29, 0.717) is 0 Å². The number of benzene rings is 1. The number of carbonyl (C=O) groups excluding carboxylic acids is 1. The lowest BCUT2D eigenvalue weighted by atomic mass is 10.1. The van der Waals surface area contributed by atoms with Crippen molar-refractivity contribution in [1.29, 1.82) is 0 Å². The van der Waals surface area contributed by atoms with E-state index >= 15 is 0 Å². The highest BCUT2D eigenvalue weighted by Crippen LogP contribution is 2.29. The van der Waals surface area contributed by atoms with Gasteiger partial charge in [-0.3, -0.25) is 4.79 Å². The zero-order chi connectivity index (χ0) is 17.8. The second-order valence-corrected chi connectivity index (χ2v) is 8.51. The Morgan fingerprint density at radius 3 is 2.50 bits per heavy atom. The molecular weight excluding hydrogens is 380 g/mol. The number of carbonyl (C=O) groups is 1. The zero-order valence-electron chi connectivity index (χ0n) is 13.8. The number of nitrogens with zero attached hydrogens (tertiary/aromatic N) is 1. The topological polar surface area (TPSA) is 42.0 Å². The quantitative estimate of drug-likeness (QED) is 0.475. The number of hydrogen-bond acceptors (Lipinski definition) is 5. The van der Waals surface area contributed by atoms with Crippen LogP contribution in [0, 0.1) is 0 Å². The molecule has 1 atom stereocenters. The highest BCUT2D eigenvalue weighted by Gasteiger charge is 2.18. The molecule has 0 radical (unpaired) electrons. The lowest BCUT2D eigenvalue weighted by molar-refractivity contribution is -0.120. The van der Waals surface area contributed by atoms with Crippen LogP contribution >= 0.6 is 34.0 Å². The van der Waals surface area contributed by atoms with Crippen molar-refractivity contribution in [2.24, 2.45) is 0 Å². The number of nitrogens with one attached hydrogen (secondary N) is 1. The van der Waals surface area contributed by atoms with Gasteiger partial charge in [-0.1, -0.05) is 42.5 Å². The van der Waals surface area contributed by atoms with Crippen LogP contribution in [0.4, 0.5) is 0 Å². The Hall–Kier alpha value is -2.28. The van der Waals surface area contributed by atoms with Gasteiger partial charge in [0, 0.05) is 10.3 Å². The summed E-state index contributed by atoms with van der Waals surface area (Å²) in [6.07, 6.45) is 0.288. The second-order valence-electron chi connectivity index (χ2n) is 5.72. The van der Waals surface area contributed by atoms with E-state index in [-0.39, 0.29) is 18.4 Å². The smallest absolute Gasteiger partial charge is 0.226 e. The average Bonchev–Trinajstić information content (AvgIpc) is 3.41. The first kappa shape index (κ1) is 17.1. The Morgan fingerprint density at radius 2 is 1.77 bits per heavy atom. The minimum atomic E-state index is -0.126. The van der Waals surface area contributed by atoms with Crippen LogP contribution in [-0.2, 0) is 11.2 Å². The molecule has 0 bridgehead atoms. The van der Waals surface area contributed by atoms with Gasteiger partial charge in [0.2, 0.25) is 5.91 Å². The molecule has 0 fully saturated rings. The van der Waals surface area contributed by atoms with Crippen molar-refractivity contribution in [1.82, 2.24) is 10.3 Å². The summed E-state index contributed by atoms with van der Waals surface area (Å²) in [5.41, 5.74) is 1.90. The fourth-order valence-corrected chi connectivity index (χ4v) is 5.13. The number of amides is 1. The molecule has 3 aromatic heterocycles. The molecule has 0 aliphatic rings. The number of hydrogen-bond donors (Lipinski definition) is 1. The van der Waals surface area contributed by atoms with Gasteiger partial charge >= 0.3 is 0 Å². The minimum Gasteiger partial charge on any atom is -0.344 e. The summed E-state index contributed by atoms with van der Waals surface area (Å²) in [6.45, 7) is 0. The molecule has 130 valence electrons. The van der Waals surface area contributed by atoms with Gasteiger partial charge in [-0.15, -0.1) is 34.0 Å². The Labute approximate surface area is 164 Å². The maximum Gasteiger partial charge on any atom is 0.226 e. The van der Waals surface area contributed by atoms with E-state index in [0.717, 1.165) is 26.0 Å². The van der Waals surface area contributed by atoms with Crippen LogP contribution in [0.2, 0.25) is 0 Å². The number of rotatable bonds is 6. The van der Waals surface area contributed by atoms with Crippen molar-refractivity contribution >= 4 is 39.9 Å². The molecular formula is C20H16N2OS3. The van der Waals surface area contributed by atoms with Crippen LogP contribution in [0.3, 0.4) is 0 Å². The predicted octanol–water partition coefficient (Wildman–Crippen LogP) is 5.38. The molecule has 0 saturated carbocycles. The lowest BCUT2D eigenvalue weighted by Gasteiger charge is -2.17. The molecule has 0 saturated heterocycles. The summed E-state index contributed by atoms with van der Waals surface area (Å²) < 4.78 is 0. The van der Waals surface area contributed by atoms with Gasteiger partial charge in [0.1, 0.15) is 5.01 Å². The first-order valence-electron chi connectivity index (χ1n) is 8.15. The fourth-order valence-electron chi connectivity index (χ4n) is 2.70. The Kier molecular flexibility index (Phi) is 5.24. The zero-order valence-corrected chi connectivity index (χ0v) is 16.2. The normalized spacial score (nSPS) is 12.0. The highest BCUT2D eigenvalue weighted by molar-refractivity contribution is 7.20. The summed E-state index contributed by atoms with van der Waals surface area (Å²) >= 11 is 4.90. The molecule has 1 unspecified atom stereocenters. The average molecular weight is 397 g/mol. The summed E-state index contributed by atoms with van der Waals surface area (Å²) in [6, 6.07) is 18.1. The number of thiophene rings is 2. The van der Waals surface area contributed by atoms with Gasteiger partial charge in [-0.05, 0) is 28.5 Å². The molecule has 0 spiro atoms. The lowest BCUT2D eigenvalue weighted by Crippen LogP contribution is -2.30. The van der Waals surface area contributed by atoms with E-state index in [9.17, 15) is 4.79 Å². The summed E-state index contributed by atoms with van der Waals surface area (Å²) in [5.74, 6) is -0.0183. The van der Waals surface area contributed by atoms with Crippen molar-refractivity contribution in [3.63, 3.8) is 0 Å². The largest absolute Gasteiger partial charge is 0.344 e. The molecule has 4 aromatic rings. The first-order valence-corrected chi connectivity index (χ1v) is 10.8. The third-order valence-corrected chi connectivity index (χ3v) is 6.76. The Morgan fingerprint density at radius 1 is 0.962 bits per heavy atom. The van der Waals surface area contributed by atoms with Crippen molar-refractivity contribution in [2.75, 3.05) is 0 Å². The first-order chi connectivity index (χ1) is 12.8. The van der Waals surface area contributed by atoms with E-state index in [1.165, 1.54) is 0 Å². The van der Waals surface area contributed by atoms with Crippen LogP contribution in [0.5, 0.6) is 0 Å². The van der Waals surface area contributed by atoms with E-state index in [1.54, 1.807) is 34.0 Å². The Balaban J connectivity index is 1.49. The van der Waals surface area contributed by atoms with Gasteiger partial charge in [0.25, 0.3) is 0 Å². The molecule has 1 N–H and O–H groups in total. The Bertz CT molecular complexity index is 960. The molecule has 4 rings (SSSR count). The SMILES string of the molecule is O=C(Cc1csc(-c2cccs2)n1)NC(c1ccccc1)c1cccs1. The summed E-state index contributed by atoms with van der Waals surface area (Å²) in [4.78, 5) is 19.5. The second kappa shape index (κ2) is 7.95. The number of thiazole rings is 1. The third-order valence-electron chi connectivity index (χ3n) is 3.89. The van der Waals surface area contributed by atoms with Crippen LogP contribution in [0.1, 0.15) is 22.2 Å². The van der Waals surface area contributed by atoms with E-state index in [2.05, 4.69) is 22.4 Å². The van der Waals surface area contributed by atoms with Gasteiger partial charge in [0.15, 0.2) is 0 Å². The summed E-state index contributed by atoms with van der Waals surface area (Å²) in [5, 5.41) is 10.2. The molecule has 3 heterocycles. The minimum absolute atomic E-state index is 0.0183. The van der Waals surface area contributed by atoms with Gasteiger partial charge in [0.05, 0.1) is 23.0 Å². The molecule has 1 amide bonds. The van der Waals surface area contributed by atoms with Crippen molar-refractivity contribution in [3.8, 4) is 9.88 Å². The van der Waals surface area contributed by atoms with Crippen molar-refractivity contribution in [3.05, 3.63) is 86.9 Å². The molecule has 0 aliphatic carbocycles. The van der Waals surface area contributed by atoms with Crippen LogP contribution in [0.25, 0.3) is 9.88 Å². The van der Waals surface area contributed by atoms with Crippen LogP contribution < -0.4 is 5.32 Å². The number of aromatic nitrogens is 1. The highest BCUT2D eigenvalue weighted by atomic mass is 32.1. The van der Waals surface area contributed by atoms with E-state index < -0.39 is 0 Å². The molecule has 1 aromatic carbocycles. The molecule has 0 aliphatic heterocycles. The van der Waals surface area contributed by atoms with Crippen LogP contribution in [0.15, 0.2) is 70.7 Å². The molecule has 3 nitrogen and oxygen atoms in total. The monoisotopic (exact) mass is 396 g/mol. The van der Waals surface area contributed by atoms with E-state index in [1.807, 2.05) is 58.6 Å². The molecule has 6 heteroatoms. The van der Waals surface area contributed by atoms with Gasteiger partial charge in [-0.2, -0.15) is 0 Å². The summed E-state index contributed by atoms with van der Waals surface area (Å²) in [7, 11) is 0. The maximum atomic E-state index is 12.6. The molecule has 26 heavy (non-hydrogen) atoms.